The van der Waals surface area contributed by atoms with Gasteiger partial charge in [0.1, 0.15) is 0 Å². The zero-order valence-electron chi connectivity index (χ0n) is 13.3. The van der Waals surface area contributed by atoms with E-state index >= 15 is 0 Å². The maximum Gasteiger partial charge on any atom is 0.253 e. The van der Waals surface area contributed by atoms with Crippen LogP contribution in [0.15, 0.2) is 18.2 Å². The van der Waals surface area contributed by atoms with Gasteiger partial charge in [0.25, 0.3) is 5.91 Å². The van der Waals surface area contributed by atoms with Crippen molar-refractivity contribution in [1.29, 1.82) is 0 Å². The Morgan fingerprint density at radius 1 is 1.22 bits per heavy atom. The standard InChI is InChI=1S/C17H22F2N2O2/c1-2-3-8-20-16(22)12-6-9-21(10-7-12)17(23)13-4-5-14(18)15(19)11-13/h4-5,11-12H,2-3,6-10H2,1H3,(H,20,22). The lowest BCUT2D eigenvalue weighted by Crippen LogP contribution is -2.43. The number of hydrogen-bond acceptors (Lipinski definition) is 2. The molecule has 0 aliphatic carbocycles. The van der Waals surface area contributed by atoms with Gasteiger partial charge in [0.15, 0.2) is 11.6 Å². The molecule has 1 aromatic rings. The molecule has 1 aliphatic rings. The third-order valence-corrected chi connectivity index (χ3v) is 4.15. The maximum absolute atomic E-state index is 13.2. The summed E-state index contributed by atoms with van der Waals surface area (Å²) in [6.07, 6.45) is 3.17. The molecule has 1 fully saturated rings. The summed E-state index contributed by atoms with van der Waals surface area (Å²) < 4.78 is 26.2. The summed E-state index contributed by atoms with van der Waals surface area (Å²) in [6.45, 7) is 3.64. The van der Waals surface area contributed by atoms with Crippen LogP contribution < -0.4 is 5.32 Å². The molecular formula is C17H22F2N2O2. The second-order valence-electron chi connectivity index (χ2n) is 5.84. The van der Waals surface area contributed by atoms with Crippen LogP contribution in [-0.2, 0) is 4.79 Å². The van der Waals surface area contributed by atoms with Crippen molar-refractivity contribution in [3.63, 3.8) is 0 Å². The highest BCUT2D eigenvalue weighted by Gasteiger charge is 2.27. The molecule has 2 amide bonds. The first-order chi connectivity index (χ1) is 11.0. The highest BCUT2D eigenvalue weighted by molar-refractivity contribution is 5.94. The Balaban J connectivity index is 1.87. The van der Waals surface area contributed by atoms with Crippen molar-refractivity contribution in [2.24, 2.45) is 5.92 Å². The number of piperidine rings is 1. The van der Waals surface area contributed by atoms with Crippen molar-refractivity contribution in [1.82, 2.24) is 10.2 Å². The highest BCUT2D eigenvalue weighted by atomic mass is 19.2. The highest BCUT2D eigenvalue weighted by Crippen LogP contribution is 2.20. The SMILES string of the molecule is CCCCNC(=O)C1CCN(C(=O)c2ccc(F)c(F)c2)CC1. The van der Waals surface area contributed by atoms with Gasteiger partial charge in [-0.25, -0.2) is 8.78 Å². The van der Waals surface area contributed by atoms with Gasteiger partial charge in [0.2, 0.25) is 5.91 Å². The van der Waals surface area contributed by atoms with E-state index in [4.69, 9.17) is 0 Å². The summed E-state index contributed by atoms with van der Waals surface area (Å²) >= 11 is 0. The minimum atomic E-state index is -1.03. The summed E-state index contributed by atoms with van der Waals surface area (Å²) in [7, 11) is 0. The van der Waals surface area contributed by atoms with Crippen LogP contribution in [0.3, 0.4) is 0 Å². The van der Waals surface area contributed by atoms with Gasteiger partial charge < -0.3 is 10.2 Å². The molecule has 2 rings (SSSR count). The molecule has 1 heterocycles. The van der Waals surface area contributed by atoms with Crippen LogP contribution in [0.25, 0.3) is 0 Å². The molecule has 1 aliphatic heterocycles. The summed E-state index contributed by atoms with van der Waals surface area (Å²) in [6, 6.07) is 3.15. The lowest BCUT2D eigenvalue weighted by Gasteiger charge is -2.31. The largest absolute Gasteiger partial charge is 0.356 e. The molecule has 23 heavy (non-hydrogen) atoms. The van der Waals surface area contributed by atoms with Gasteiger partial charge in [-0.3, -0.25) is 9.59 Å². The van der Waals surface area contributed by atoms with Gasteiger partial charge in [-0.15, -0.1) is 0 Å². The quantitative estimate of drug-likeness (QED) is 0.847. The van der Waals surface area contributed by atoms with Crippen molar-refractivity contribution in [2.45, 2.75) is 32.6 Å². The number of nitrogens with one attached hydrogen (secondary N) is 1. The first-order valence-electron chi connectivity index (χ1n) is 8.05. The number of rotatable bonds is 5. The first kappa shape index (κ1) is 17.4. The monoisotopic (exact) mass is 324 g/mol. The molecule has 0 spiro atoms. The van der Waals surface area contributed by atoms with Crippen molar-refractivity contribution < 1.29 is 18.4 Å². The zero-order valence-corrected chi connectivity index (χ0v) is 13.3. The number of likely N-dealkylation sites (tertiary alicyclic amines) is 1. The predicted molar refractivity (Wildman–Crippen MR) is 82.9 cm³/mol. The fourth-order valence-electron chi connectivity index (χ4n) is 2.69. The van der Waals surface area contributed by atoms with Gasteiger partial charge in [-0.1, -0.05) is 13.3 Å². The van der Waals surface area contributed by atoms with Crippen LogP contribution in [0.4, 0.5) is 8.78 Å². The van der Waals surface area contributed by atoms with E-state index in [-0.39, 0.29) is 23.3 Å². The van der Waals surface area contributed by atoms with E-state index in [2.05, 4.69) is 12.2 Å². The molecule has 1 saturated heterocycles. The number of halogens is 2. The fraction of sp³-hybridized carbons (Fsp3) is 0.529. The van der Waals surface area contributed by atoms with Crippen molar-refractivity contribution >= 4 is 11.8 Å². The van der Waals surface area contributed by atoms with E-state index in [1.807, 2.05) is 0 Å². The van der Waals surface area contributed by atoms with E-state index in [1.54, 1.807) is 4.90 Å². The molecule has 4 nitrogen and oxygen atoms in total. The number of benzene rings is 1. The molecule has 0 aromatic heterocycles. The molecule has 0 radical (unpaired) electrons. The summed E-state index contributed by atoms with van der Waals surface area (Å²) in [4.78, 5) is 25.9. The number of carbonyl (C=O) groups is 2. The van der Waals surface area contributed by atoms with Gasteiger partial charge in [-0.05, 0) is 37.5 Å². The topological polar surface area (TPSA) is 49.4 Å². The lowest BCUT2D eigenvalue weighted by molar-refractivity contribution is -0.126. The number of amides is 2. The normalized spacial score (nSPS) is 15.5. The van der Waals surface area contributed by atoms with Gasteiger partial charge >= 0.3 is 0 Å². The van der Waals surface area contributed by atoms with Crippen LogP contribution >= 0.6 is 0 Å². The Labute approximate surface area is 134 Å². The van der Waals surface area contributed by atoms with Crippen LogP contribution in [0, 0.1) is 17.6 Å². The van der Waals surface area contributed by atoms with E-state index in [9.17, 15) is 18.4 Å². The van der Waals surface area contributed by atoms with E-state index in [0.717, 1.165) is 25.0 Å². The Kier molecular flexibility index (Phi) is 6.07. The van der Waals surface area contributed by atoms with Crippen LogP contribution in [0.5, 0.6) is 0 Å². The molecule has 126 valence electrons. The third-order valence-electron chi connectivity index (χ3n) is 4.15. The Morgan fingerprint density at radius 3 is 2.52 bits per heavy atom. The Morgan fingerprint density at radius 2 is 1.91 bits per heavy atom. The Bertz CT molecular complexity index is 570. The second kappa shape index (κ2) is 8.04. The van der Waals surface area contributed by atoms with Crippen LogP contribution in [0.1, 0.15) is 43.0 Å². The number of carbonyl (C=O) groups excluding carboxylic acids is 2. The molecular weight excluding hydrogens is 302 g/mol. The third kappa shape index (κ3) is 4.50. The van der Waals surface area contributed by atoms with Crippen molar-refractivity contribution in [2.75, 3.05) is 19.6 Å². The molecule has 0 atom stereocenters. The predicted octanol–water partition coefficient (Wildman–Crippen LogP) is 2.73. The number of nitrogens with zero attached hydrogens (tertiary/aromatic N) is 1. The molecule has 1 N–H and O–H groups in total. The fourth-order valence-corrected chi connectivity index (χ4v) is 2.69. The first-order valence-corrected chi connectivity index (χ1v) is 8.05. The smallest absolute Gasteiger partial charge is 0.253 e. The average molecular weight is 324 g/mol. The van der Waals surface area contributed by atoms with E-state index in [0.29, 0.717) is 32.5 Å². The van der Waals surface area contributed by atoms with Crippen LogP contribution in [-0.4, -0.2) is 36.3 Å². The van der Waals surface area contributed by atoms with Gasteiger partial charge in [0, 0.05) is 31.1 Å². The summed E-state index contributed by atoms with van der Waals surface area (Å²) in [5.74, 6) is -2.36. The van der Waals surface area contributed by atoms with E-state index < -0.39 is 11.6 Å². The van der Waals surface area contributed by atoms with Crippen molar-refractivity contribution in [3.8, 4) is 0 Å². The minimum Gasteiger partial charge on any atom is -0.356 e. The Hall–Kier alpha value is -1.98. The molecule has 0 saturated carbocycles. The molecule has 1 aromatic carbocycles. The van der Waals surface area contributed by atoms with Gasteiger partial charge in [0.05, 0.1) is 0 Å². The number of unbranched alkanes of at least 4 members (excludes halogenated alkanes) is 1. The van der Waals surface area contributed by atoms with E-state index in [1.165, 1.54) is 6.07 Å². The molecule has 0 bridgehead atoms. The lowest BCUT2D eigenvalue weighted by atomic mass is 9.95. The number of hydrogen-bond donors (Lipinski definition) is 1. The zero-order chi connectivity index (χ0) is 16.8. The molecule has 0 unspecified atom stereocenters. The van der Waals surface area contributed by atoms with Crippen LogP contribution in [0.2, 0.25) is 0 Å². The van der Waals surface area contributed by atoms with Crippen molar-refractivity contribution in [3.05, 3.63) is 35.4 Å². The summed E-state index contributed by atoms with van der Waals surface area (Å²) in [5, 5.41) is 2.91. The molecule has 6 heteroatoms. The second-order valence-corrected chi connectivity index (χ2v) is 5.84. The minimum absolute atomic E-state index is 0.0402. The average Bonchev–Trinajstić information content (AvgIpc) is 2.57. The summed E-state index contributed by atoms with van der Waals surface area (Å²) in [5.41, 5.74) is 0.134. The maximum atomic E-state index is 13.2. The van der Waals surface area contributed by atoms with Gasteiger partial charge in [-0.2, -0.15) is 0 Å².